The zero-order valence-electron chi connectivity index (χ0n) is 15.3. The molecule has 0 radical (unpaired) electrons. The van der Waals surface area contributed by atoms with Gasteiger partial charge in [-0.3, -0.25) is 4.79 Å². The lowest BCUT2D eigenvalue weighted by atomic mass is 9.97. The molecule has 0 bridgehead atoms. The second-order valence-corrected chi connectivity index (χ2v) is 6.78. The summed E-state index contributed by atoms with van der Waals surface area (Å²) in [4.78, 5) is 23.3. The number of carbonyl (C=O) groups is 1. The summed E-state index contributed by atoms with van der Waals surface area (Å²) in [6.45, 7) is 1.59. The van der Waals surface area contributed by atoms with Crippen molar-refractivity contribution in [2.75, 3.05) is 18.0 Å². The first-order chi connectivity index (χ1) is 13.7. The predicted octanol–water partition coefficient (Wildman–Crippen LogP) is 2.33. The summed E-state index contributed by atoms with van der Waals surface area (Å²) in [5, 5.41) is 7.05. The molecule has 1 amide bonds. The molecule has 1 saturated heterocycles. The van der Waals surface area contributed by atoms with Crippen molar-refractivity contribution in [1.82, 2.24) is 25.1 Å². The summed E-state index contributed by atoms with van der Waals surface area (Å²) in [5.41, 5.74) is 0.489. The maximum atomic E-state index is 13.7. The van der Waals surface area contributed by atoms with Crippen molar-refractivity contribution in [3.05, 3.63) is 66.5 Å². The number of nitrogens with zero attached hydrogens (tertiary/aromatic N) is 5. The van der Waals surface area contributed by atoms with E-state index in [-0.39, 0.29) is 24.2 Å². The Morgan fingerprint density at radius 1 is 1.21 bits per heavy atom. The first-order valence-electron chi connectivity index (χ1n) is 9.29. The van der Waals surface area contributed by atoms with E-state index in [4.69, 9.17) is 0 Å². The lowest BCUT2D eigenvalue weighted by molar-refractivity contribution is -0.125. The zero-order chi connectivity index (χ0) is 19.3. The molecule has 1 fully saturated rings. The Balaban J connectivity index is 1.41. The Hall–Kier alpha value is -3.29. The van der Waals surface area contributed by atoms with E-state index < -0.39 is 0 Å². The molecule has 3 heterocycles. The molecule has 1 aliphatic heterocycles. The van der Waals surface area contributed by atoms with Gasteiger partial charge < -0.3 is 10.2 Å². The van der Waals surface area contributed by atoms with Gasteiger partial charge in [0, 0.05) is 43.7 Å². The number of amides is 1. The molecule has 28 heavy (non-hydrogen) atoms. The first kappa shape index (κ1) is 18.1. The van der Waals surface area contributed by atoms with Gasteiger partial charge >= 0.3 is 0 Å². The number of hydrogen-bond acceptors (Lipinski definition) is 5. The van der Waals surface area contributed by atoms with Crippen LogP contribution < -0.4 is 10.2 Å². The zero-order valence-corrected chi connectivity index (χ0v) is 15.3. The van der Waals surface area contributed by atoms with Gasteiger partial charge in [0.1, 0.15) is 18.0 Å². The fourth-order valence-corrected chi connectivity index (χ4v) is 3.41. The minimum absolute atomic E-state index is 0.0608. The summed E-state index contributed by atoms with van der Waals surface area (Å²) in [5.74, 6) is 0.923. The summed E-state index contributed by atoms with van der Waals surface area (Å²) in [6, 6.07) is 10.2. The van der Waals surface area contributed by atoms with E-state index in [1.807, 2.05) is 18.3 Å². The highest BCUT2D eigenvalue weighted by atomic mass is 19.1. The van der Waals surface area contributed by atoms with Crippen LogP contribution in [0.4, 0.5) is 10.2 Å². The number of piperidine rings is 1. The lowest BCUT2D eigenvalue weighted by Crippen LogP contribution is -2.43. The number of nitrogens with one attached hydrogen (secondary N) is 1. The Labute approximate surface area is 162 Å². The van der Waals surface area contributed by atoms with Crippen molar-refractivity contribution in [2.24, 2.45) is 5.92 Å². The second kappa shape index (κ2) is 8.16. The van der Waals surface area contributed by atoms with Crippen LogP contribution in [-0.2, 0) is 11.3 Å². The molecule has 7 nitrogen and oxygen atoms in total. The number of rotatable bonds is 5. The Kier molecular flexibility index (Phi) is 5.27. The monoisotopic (exact) mass is 380 g/mol. The van der Waals surface area contributed by atoms with Gasteiger partial charge in [-0.25, -0.2) is 19.0 Å². The van der Waals surface area contributed by atoms with E-state index >= 15 is 0 Å². The highest BCUT2D eigenvalue weighted by molar-refractivity contribution is 5.79. The third-order valence-corrected chi connectivity index (χ3v) is 4.90. The third-order valence-electron chi connectivity index (χ3n) is 4.90. The second-order valence-electron chi connectivity index (χ2n) is 6.78. The minimum atomic E-state index is -0.305. The van der Waals surface area contributed by atoms with Crippen LogP contribution in [0.2, 0.25) is 0 Å². The average molecular weight is 380 g/mol. The fourth-order valence-electron chi connectivity index (χ4n) is 3.41. The number of halogens is 1. The number of anilines is 1. The van der Waals surface area contributed by atoms with E-state index in [2.05, 4.69) is 25.3 Å². The molecule has 1 N–H and O–H groups in total. The molecule has 3 aromatic rings. The fraction of sp³-hybridized carbons (Fsp3) is 0.300. The molecule has 1 atom stereocenters. The Morgan fingerprint density at radius 3 is 2.89 bits per heavy atom. The van der Waals surface area contributed by atoms with Crippen LogP contribution in [0.5, 0.6) is 0 Å². The SMILES string of the molecule is O=C(NCc1ccccc1F)C1CCCN(c2cc(-n3cccn3)ncn2)C1. The molecule has 144 valence electrons. The van der Waals surface area contributed by atoms with Gasteiger partial charge in [0.2, 0.25) is 5.91 Å². The Morgan fingerprint density at radius 2 is 2.07 bits per heavy atom. The normalized spacial score (nSPS) is 16.8. The van der Waals surface area contributed by atoms with Crippen molar-refractivity contribution >= 4 is 11.7 Å². The van der Waals surface area contributed by atoms with E-state index in [1.165, 1.54) is 12.4 Å². The van der Waals surface area contributed by atoms with E-state index in [9.17, 15) is 9.18 Å². The van der Waals surface area contributed by atoms with Crippen LogP contribution >= 0.6 is 0 Å². The van der Waals surface area contributed by atoms with Gasteiger partial charge in [0.05, 0.1) is 5.92 Å². The van der Waals surface area contributed by atoms with Crippen LogP contribution in [0.3, 0.4) is 0 Å². The van der Waals surface area contributed by atoms with Crippen molar-refractivity contribution in [3.8, 4) is 5.82 Å². The molecular weight excluding hydrogens is 359 g/mol. The van der Waals surface area contributed by atoms with Crippen molar-refractivity contribution in [2.45, 2.75) is 19.4 Å². The first-order valence-corrected chi connectivity index (χ1v) is 9.29. The molecule has 0 saturated carbocycles. The number of carbonyl (C=O) groups excluding carboxylic acids is 1. The van der Waals surface area contributed by atoms with Crippen LogP contribution in [-0.4, -0.2) is 38.7 Å². The molecule has 1 unspecified atom stereocenters. The summed E-state index contributed by atoms with van der Waals surface area (Å²) in [6.07, 6.45) is 6.71. The van der Waals surface area contributed by atoms with Crippen LogP contribution in [0.15, 0.2) is 55.1 Å². The maximum absolute atomic E-state index is 13.7. The molecule has 4 rings (SSSR count). The summed E-state index contributed by atoms with van der Waals surface area (Å²) >= 11 is 0. The third kappa shape index (κ3) is 4.00. The Bertz CT molecular complexity index is 945. The van der Waals surface area contributed by atoms with E-state index in [0.29, 0.717) is 17.9 Å². The van der Waals surface area contributed by atoms with E-state index in [1.54, 1.807) is 29.1 Å². The smallest absolute Gasteiger partial charge is 0.225 e. The molecule has 8 heteroatoms. The molecule has 1 aromatic carbocycles. The highest BCUT2D eigenvalue weighted by Gasteiger charge is 2.26. The average Bonchev–Trinajstić information content (AvgIpc) is 3.28. The van der Waals surface area contributed by atoms with Gasteiger partial charge in [-0.1, -0.05) is 18.2 Å². The van der Waals surface area contributed by atoms with Crippen molar-refractivity contribution < 1.29 is 9.18 Å². The highest BCUT2D eigenvalue weighted by Crippen LogP contribution is 2.22. The topological polar surface area (TPSA) is 75.9 Å². The van der Waals surface area contributed by atoms with Gasteiger partial charge in [0.25, 0.3) is 0 Å². The minimum Gasteiger partial charge on any atom is -0.356 e. The number of aromatic nitrogens is 4. The van der Waals surface area contributed by atoms with Crippen LogP contribution in [0, 0.1) is 11.7 Å². The molecule has 0 aliphatic carbocycles. The molecular formula is C20H21FN6O. The van der Waals surface area contributed by atoms with Crippen LogP contribution in [0.1, 0.15) is 18.4 Å². The number of hydrogen-bond donors (Lipinski definition) is 1. The van der Waals surface area contributed by atoms with Gasteiger partial charge in [-0.15, -0.1) is 0 Å². The molecule has 1 aliphatic rings. The van der Waals surface area contributed by atoms with Crippen LogP contribution in [0.25, 0.3) is 5.82 Å². The lowest BCUT2D eigenvalue weighted by Gasteiger charge is -2.32. The number of benzene rings is 1. The van der Waals surface area contributed by atoms with Crippen molar-refractivity contribution in [3.63, 3.8) is 0 Å². The summed E-state index contributed by atoms with van der Waals surface area (Å²) < 4.78 is 15.4. The van der Waals surface area contributed by atoms with Gasteiger partial charge in [0.15, 0.2) is 5.82 Å². The molecule has 2 aromatic heterocycles. The summed E-state index contributed by atoms with van der Waals surface area (Å²) in [7, 11) is 0. The standard InChI is InChI=1S/C20H21FN6O/c21-17-7-2-1-5-15(17)12-22-20(28)16-6-3-9-26(13-16)18-11-19(24-14-23-18)27-10-4-8-25-27/h1-2,4-5,7-8,10-11,14,16H,3,6,9,12-13H2,(H,22,28). The molecule has 0 spiro atoms. The maximum Gasteiger partial charge on any atom is 0.225 e. The quantitative estimate of drug-likeness (QED) is 0.735. The largest absolute Gasteiger partial charge is 0.356 e. The van der Waals surface area contributed by atoms with Gasteiger partial charge in [-0.2, -0.15) is 5.10 Å². The van der Waals surface area contributed by atoms with Crippen molar-refractivity contribution in [1.29, 1.82) is 0 Å². The van der Waals surface area contributed by atoms with E-state index in [0.717, 1.165) is 25.2 Å². The predicted molar refractivity (Wildman–Crippen MR) is 102 cm³/mol. The van der Waals surface area contributed by atoms with Gasteiger partial charge in [-0.05, 0) is 25.0 Å².